The molecule has 2 aliphatic heterocycles. The molecule has 2 rings (SSSR count). The Labute approximate surface area is 249 Å². The summed E-state index contributed by atoms with van der Waals surface area (Å²) in [6.07, 6.45) is -17.3. The molecule has 6 N–H and O–H groups in total. The molecule has 0 spiro atoms. The number of amides is 1. The maximum Gasteiger partial charge on any atom is 1.00 e. The third-order valence-corrected chi connectivity index (χ3v) is 5.62. The monoisotopic (exact) mass is 587 g/mol. The SMILES string of the molecule is CC(=O)NC1C(O)[C@H](O[C@@H]2OC(COS(=O)(=O)[O-])[C@H](O)C(O)C2O)C(COS(=O)(=O)[O-])O[C@H]1O.[Na+].[Na+]. The van der Waals surface area contributed by atoms with Crippen LogP contribution >= 0.6 is 0 Å². The van der Waals surface area contributed by atoms with Crippen LogP contribution in [0, 0.1) is 0 Å². The predicted molar refractivity (Wildman–Crippen MR) is 97.3 cm³/mol. The molecule has 0 radical (unpaired) electrons. The summed E-state index contributed by atoms with van der Waals surface area (Å²) in [7, 11) is -10.5. The number of rotatable bonds is 9. The number of hydrogen-bond donors (Lipinski definition) is 6. The molecule has 10 atom stereocenters. The first kappa shape index (κ1) is 36.9. The van der Waals surface area contributed by atoms with Gasteiger partial charge in [0, 0.05) is 6.92 Å². The molecule has 22 heteroatoms. The first-order chi connectivity index (χ1) is 15.5. The van der Waals surface area contributed by atoms with Gasteiger partial charge < -0.3 is 54.2 Å². The van der Waals surface area contributed by atoms with Crippen LogP contribution in [0.5, 0.6) is 0 Å². The Morgan fingerprint density at radius 1 is 0.833 bits per heavy atom. The second-order valence-corrected chi connectivity index (χ2v) is 9.39. The van der Waals surface area contributed by atoms with Crippen LogP contribution in [0.4, 0.5) is 0 Å². The Morgan fingerprint density at radius 2 is 1.33 bits per heavy atom. The maximum atomic E-state index is 11.4. The van der Waals surface area contributed by atoms with Gasteiger partial charge in [-0.2, -0.15) is 0 Å². The van der Waals surface area contributed by atoms with Crippen molar-refractivity contribution in [1.82, 2.24) is 5.32 Å². The smallest absolute Gasteiger partial charge is 0.726 e. The van der Waals surface area contributed by atoms with Gasteiger partial charge in [-0.25, -0.2) is 16.8 Å². The number of carbonyl (C=O) groups is 1. The van der Waals surface area contributed by atoms with Gasteiger partial charge in [-0.1, -0.05) is 0 Å². The average Bonchev–Trinajstić information content (AvgIpc) is 2.69. The molecule has 0 aromatic heterocycles. The first-order valence-electron chi connectivity index (χ1n) is 9.34. The van der Waals surface area contributed by atoms with Gasteiger partial charge in [-0.3, -0.25) is 13.2 Å². The van der Waals surface area contributed by atoms with Crippen LogP contribution in [-0.4, -0.2) is 132 Å². The molecule has 2 aliphatic rings. The van der Waals surface area contributed by atoms with Crippen molar-refractivity contribution in [3.63, 3.8) is 0 Å². The van der Waals surface area contributed by atoms with Crippen LogP contribution in [0.25, 0.3) is 0 Å². The van der Waals surface area contributed by atoms with E-state index in [4.69, 9.17) is 14.2 Å². The molecule has 2 fully saturated rings. The average molecular weight is 587 g/mol. The Hall–Kier alpha value is 0.890. The fourth-order valence-corrected chi connectivity index (χ4v) is 3.85. The summed E-state index contributed by atoms with van der Waals surface area (Å²) >= 11 is 0. The predicted octanol–water partition coefficient (Wildman–Crippen LogP) is -12.3. The van der Waals surface area contributed by atoms with Crippen LogP contribution in [0.3, 0.4) is 0 Å². The van der Waals surface area contributed by atoms with E-state index in [1.54, 1.807) is 0 Å². The Bertz CT molecular complexity index is 922. The van der Waals surface area contributed by atoms with E-state index in [0.29, 0.717) is 0 Å². The van der Waals surface area contributed by atoms with E-state index < -0.39 is 101 Å². The molecule has 1 amide bonds. The number of hydrogen-bond acceptors (Lipinski definition) is 17. The summed E-state index contributed by atoms with van der Waals surface area (Å²) in [5.74, 6) is -0.745. The topological polar surface area (TPSA) is 291 Å². The molecular formula is C14H23NNa2O17S2. The number of aliphatic hydroxyl groups is 5. The zero-order chi connectivity index (χ0) is 26.0. The summed E-state index contributed by atoms with van der Waals surface area (Å²) in [4.78, 5) is 11.4. The number of nitrogens with one attached hydrogen (secondary N) is 1. The Kier molecular flexibility index (Phi) is 15.4. The normalized spacial score (nSPS) is 37.3. The minimum Gasteiger partial charge on any atom is -0.726 e. The van der Waals surface area contributed by atoms with E-state index in [1.807, 2.05) is 0 Å². The maximum absolute atomic E-state index is 11.4. The zero-order valence-electron chi connectivity index (χ0n) is 19.1. The zero-order valence-corrected chi connectivity index (χ0v) is 24.8. The summed E-state index contributed by atoms with van der Waals surface area (Å²) in [6, 6.07) is -1.58. The van der Waals surface area contributed by atoms with Crippen molar-refractivity contribution in [1.29, 1.82) is 0 Å². The van der Waals surface area contributed by atoms with Crippen molar-refractivity contribution in [2.24, 2.45) is 0 Å². The third kappa shape index (κ3) is 10.8. The molecule has 0 aliphatic carbocycles. The van der Waals surface area contributed by atoms with Gasteiger partial charge in [0.1, 0.15) is 48.8 Å². The molecule has 0 bridgehead atoms. The fourth-order valence-electron chi connectivity index (χ4n) is 3.25. The number of carbonyl (C=O) groups excluding carboxylic acids is 1. The van der Waals surface area contributed by atoms with Crippen LogP contribution in [0.15, 0.2) is 0 Å². The van der Waals surface area contributed by atoms with Crippen LogP contribution in [-0.2, 0) is 48.2 Å². The summed E-state index contributed by atoms with van der Waals surface area (Å²) in [5.41, 5.74) is 0. The van der Waals surface area contributed by atoms with E-state index in [1.165, 1.54) is 0 Å². The number of ether oxygens (including phenoxy) is 3. The molecule has 2 saturated heterocycles. The van der Waals surface area contributed by atoms with Gasteiger partial charge >= 0.3 is 59.1 Å². The van der Waals surface area contributed by atoms with Crippen molar-refractivity contribution >= 4 is 26.7 Å². The molecule has 0 aromatic rings. The largest absolute Gasteiger partial charge is 1.00 e. The quantitative estimate of drug-likeness (QED) is 0.0829. The van der Waals surface area contributed by atoms with Gasteiger partial charge in [0.2, 0.25) is 26.7 Å². The van der Waals surface area contributed by atoms with Gasteiger partial charge in [0.25, 0.3) is 0 Å². The van der Waals surface area contributed by atoms with Crippen molar-refractivity contribution in [2.45, 2.75) is 68.3 Å². The van der Waals surface area contributed by atoms with Crippen molar-refractivity contribution in [3.8, 4) is 0 Å². The van der Waals surface area contributed by atoms with Gasteiger partial charge in [0.05, 0.1) is 13.2 Å². The molecule has 18 nitrogen and oxygen atoms in total. The second kappa shape index (κ2) is 15.0. The molecule has 0 aromatic carbocycles. The van der Waals surface area contributed by atoms with E-state index in [2.05, 4.69) is 13.7 Å². The minimum absolute atomic E-state index is 0. The van der Waals surface area contributed by atoms with E-state index in [0.717, 1.165) is 6.92 Å². The minimum atomic E-state index is -5.28. The number of aliphatic hydroxyl groups excluding tert-OH is 5. The van der Waals surface area contributed by atoms with Crippen LogP contribution in [0.1, 0.15) is 6.92 Å². The second-order valence-electron chi connectivity index (χ2n) is 7.28. The Balaban J connectivity index is 0.00000612. The van der Waals surface area contributed by atoms with Gasteiger partial charge in [0.15, 0.2) is 12.6 Å². The summed E-state index contributed by atoms with van der Waals surface area (Å²) in [6.45, 7) is -1.21. The summed E-state index contributed by atoms with van der Waals surface area (Å²) < 4.78 is 87.9. The molecule has 200 valence electrons. The Morgan fingerprint density at radius 3 is 1.81 bits per heavy atom. The van der Waals surface area contributed by atoms with E-state index >= 15 is 0 Å². The van der Waals surface area contributed by atoms with Gasteiger partial charge in [-0.05, 0) is 0 Å². The van der Waals surface area contributed by atoms with Crippen molar-refractivity contribution in [2.75, 3.05) is 13.2 Å². The van der Waals surface area contributed by atoms with Crippen molar-refractivity contribution < 1.29 is 138 Å². The summed E-state index contributed by atoms with van der Waals surface area (Å²) in [5, 5.41) is 52.9. The van der Waals surface area contributed by atoms with Gasteiger partial charge in [-0.15, -0.1) is 0 Å². The van der Waals surface area contributed by atoms with Crippen molar-refractivity contribution in [3.05, 3.63) is 0 Å². The molecule has 2 heterocycles. The molecule has 36 heavy (non-hydrogen) atoms. The molecule has 0 saturated carbocycles. The van der Waals surface area contributed by atoms with E-state index in [9.17, 15) is 56.3 Å². The fraction of sp³-hybridized carbons (Fsp3) is 0.929. The van der Waals surface area contributed by atoms with Crippen LogP contribution < -0.4 is 64.4 Å². The molecular weight excluding hydrogens is 564 g/mol. The molecule has 6 unspecified atom stereocenters. The van der Waals surface area contributed by atoms with Crippen LogP contribution in [0.2, 0.25) is 0 Å². The first-order valence-corrected chi connectivity index (χ1v) is 12.0. The third-order valence-electron chi connectivity index (χ3n) is 4.78. The standard InChI is InChI=1S/C14H25NO17S2.2Na/c1-4(16)15-7-9(18)12(6(30-13(7)21)3-29-34(25,26)27)32-14-11(20)10(19)8(17)5(31-14)2-28-33(22,23)24;;/h5-14,17-21H,2-3H2,1H3,(H,15,16)(H,22,23,24)(H,25,26,27);;/q;2*+1/p-2/t5?,6?,7?,8-,9?,10?,11?,12+,13+,14-;;/m0../s1. The van der Waals surface area contributed by atoms with E-state index in [-0.39, 0.29) is 59.1 Å².